The Morgan fingerprint density at radius 2 is 1.83 bits per heavy atom. The van der Waals surface area contributed by atoms with E-state index >= 15 is 0 Å². The molecule has 0 aromatic heterocycles. The van der Waals surface area contributed by atoms with Crippen LogP contribution in [0.15, 0.2) is 30.3 Å². The molecule has 1 unspecified atom stereocenters. The van der Waals surface area contributed by atoms with Crippen LogP contribution < -0.4 is 10.6 Å². The average Bonchev–Trinajstić information content (AvgIpc) is 2.34. The average molecular weight is 248 g/mol. The lowest BCUT2D eigenvalue weighted by Gasteiger charge is -2.13. The fourth-order valence-electron chi connectivity index (χ4n) is 1.84. The zero-order chi connectivity index (χ0) is 13.4. The van der Waals surface area contributed by atoms with Crippen molar-refractivity contribution in [3.8, 4) is 0 Å². The molecule has 100 valence electrons. The van der Waals surface area contributed by atoms with E-state index in [1.54, 1.807) is 0 Å². The summed E-state index contributed by atoms with van der Waals surface area (Å²) >= 11 is 0. The van der Waals surface area contributed by atoms with Crippen LogP contribution >= 0.6 is 0 Å². The Balaban J connectivity index is 2.17. The monoisotopic (exact) mass is 248 g/mol. The summed E-state index contributed by atoms with van der Waals surface area (Å²) in [6.45, 7) is 7.41. The van der Waals surface area contributed by atoms with Gasteiger partial charge in [0.25, 0.3) is 0 Å². The largest absolute Gasteiger partial charge is 0.353 e. The molecule has 0 aliphatic rings. The predicted octanol–water partition coefficient (Wildman–Crippen LogP) is 2.29. The van der Waals surface area contributed by atoms with Crippen LogP contribution in [0.25, 0.3) is 0 Å². The summed E-state index contributed by atoms with van der Waals surface area (Å²) in [5.74, 6) is 0.587. The molecule has 1 rings (SSSR count). The third kappa shape index (κ3) is 5.82. The first-order chi connectivity index (χ1) is 8.59. The van der Waals surface area contributed by atoms with Gasteiger partial charge in [-0.25, -0.2) is 0 Å². The van der Waals surface area contributed by atoms with E-state index in [4.69, 9.17) is 0 Å². The molecule has 1 aromatic rings. The smallest absolute Gasteiger partial charge is 0.234 e. The Morgan fingerprint density at radius 1 is 1.17 bits per heavy atom. The van der Waals surface area contributed by atoms with Crippen molar-refractivity contribution in [3.05, 3.63) is 35.9 Å². The van der Waals surface area contributed by atoms with E-state index < -0.39 is 0 Å². The molecule has 1 amide bonds. The Labute approximate surface area is 110 Å². The second-order valence-electron chi connectivity index (χ2n) is 5.00. The number of carbonyl (C=O) groups excluding carboxylic acids is 1. The van der Waals surface area contributed by atoms with E-state index in [1.165, 1.54) is 5.56 Å². The molecule has 3 heteroatoms. The molecule has 0 radical (unpaired) electrons. The lowest BCUT2D eigenvalue weighted by atomic mass is 9.98. The number of hydrogen-bond acceptors (Lipinski definition) is 2. The molecular formula is C15H24N2O. The van der Waals surface area contributed by atoms with E-state index in [-0.39, 0.29) is 11.9 Å². The van der Waals surface area contributed by atoms with Gasteiger partial charge in [0.1, 0.15) is 0 Å². The van der Waals surface area contributed by atoms with Gasteiger partial charge < -0.3 is 10.6 Å². The SMILES string of the molecule is CC(C)NC(=O)CNCCC(C)c1ccccc1. The highest BCUT2D eigenvalue weighted by Crippen LogP contribution is 2.17. The van der Waals surface area contributed by atoms with Gasteiger partial charge in [-0.3, -0.25) is 4.79 Å². The van der Waals surface area contributed by atoms with Crippen LogP contribution in [0.2, 0.25) is 0 Å². The number of carbonyl (C=O) groups is 1. The van der Waals surface area contributed by atoms with Crippen LogP contribution in [0.5, 0.6) is 0 Å². The van der Waals surface area contributed by atoms with Gasteiger partial charge in [-0.15, -0.1) is 0 Å². The number of hydrogen-bond donors (Lipinski definition) is 2. The fourth-order valence-corrected chi connectivity index (χ4v) is 1.84. The van der Waals surface area contributed by atoms with Crippen molar-refractivity contribution in [2.75, 3.05) is 13.1 Å². The molecule has 0 fully saturated rings. The van der Waals surface area contributed by atoms with Crippen molar-refractivity contribution in [1.29, 1.82) is 0 Å². The van der Waals surface area contributed by atoms with Crippen LogP contribution in [0.1, 0.15) is 38.7 Å². The normalized spacial score (nSPS) is 12.4. The van der Waals surface area contributed by atoms with Gasteiger partial charge in [-0.2, -0.15) is 0 Å². The summed E-state index contributed by atoms with van der Waals surface area (Å²) in [6.07, 6.45) is 1.04. The fraction of sp³-hybridized carbons (Fsp3) is 0.533. The molecule has 0 aliphatic carbocycles. The Morgan fingerprint density at radius 3 is 2.44 bits per heavy atom. The lowest BCUT2D eigenvalue weighted by molar-refractivity contribution is -0.120. The molecule has 0 spiro atoms. The number of rotatable bonds is 7. The zero-order valence-electron chi connectivity index (χ0n) is 11.6. The van der Waals surface area contributed by atoms with E-state index in [1.807, 2.05) is 19.9 Å². The second-order valence-corrected chi connectivity index (χ2v) is 5.00. The second kappa shape index (κ2) is 7.88. The molecule has 1 atom stereocenters. The molecule has 3 nitrogen and oxygen atoms in total. The summed E-state index contributed by atoms with van der Waals surface area (Å²) in [5, 5.41) is 6.04. The minimum Gasteiger partial charge on any atom is -0.353 e. The van der Waals surface area contributed by atoms with E-state index in [9.17, 15) is 4.79 Å². The highest BCUT2D eigenvalue weighted by Gasteiger charge is 2.05. The first-order valence-electron chi connectivity index (χ1n) is 6.64. The van der Waals surface area contributed by atoms with Crippen LogP contribution in [-0.4, -0.2) is 25.0 Å². The van der Waals surface area contributed by atoms with Crippen LogP contribution in [0.3, 0.4) is 0 Å². The van der Waals surface area contributed by atoms with Crippen molar-refractivity contribution < 1.29 is 4.79 Å². The maximum atomic E-state index is 11.4. The molecule has 0 saturated heterocycles. The molecule has 0 saturated carbocycles. The van der Waals surface area contributed by atoms with Crippen molar-refractivity contribution in [1.82, 2.24) is 10.6 Å². The van der Waals surface area contributed by atoms with E-state index in [0.29, 0.717) is 12.5 Å². The Kier molecular flexibility index (Phi) is 6.44. The zero-order valence-corrected chi connectivity index (χ0v) is 11.6. The molecule has 0 aliphatic heterocycles. The summed E-state index contributed by atoms with van der Waals surface area (Å²) in [5.41, 5.74) is 1.35. The third-order valence-corrected chi connectivity index (χ3v) is 2.86. The molecule has 2 N–H and O–H groups in total. The molecule has 18 heavy (non-hydrogen) atoms. The van der Waals surface area contributed by atoms with Gasteiger partial charge in [0.05, 0.1) is 6.54 Å². The summed E-state index contributed by atoms with van der Waals surface area (Å²) in [6, 6.07) is 10.7. The Bertz CT molecular complexity index is 349. The molecular weight excluding hydrogens is 224 g/mol. The first kappa shape index (κ1) is 14.7. The van der Waals surface area contributed by atoms with Crippen molar-refractivity contribution in [2.24, 2.45) is 0 Å². The predicted molar refractivity (Wildman–Crippen MR) is 75.6 cm³/mol. The molecule has 1 aromatic carbocycles. The number of benzene rings is 1. The quantitative estimate of drug-likeness (QED) is 0.727. The molecule has 0 heterocycles. The van der Waals surface area contributed by atoms with Gasteiger partial charge in [-0.1, -0.05) is 37.3 Å². The highest BCUT2D eigenvalue weighted by atomic mass is 16.1. The number of nitrogens with one attached hydrogen (secondary N) is 2. The Hall–Kier alpha value is -1.35. The standard InChI is InChI=1S/C15H24N2O/c1-12(2)17-15(18)11-16-10-9-13(3)14-7-5-4-6-8-14/h4-8,12-13,16H,9-11H2,1-3H3,(H,17,18). The number of amides is 1. The van der Waals surface area contributed by atoms with Gasteiger partial charge in [0, 0.05) is 6.04 Å². The highest BCUT2D eigenvalue weighted by molar-refractivity contribution is 5.78. The van der Waals surface area contributed by atoms with Gasteiger partial charge in [-0.05, 0) is 38.3 Å². The maximum absolute atomic E-state index is 11.4. The first-order valence-corrected chi connectivity index (χ1v) is 6.64. The maximum Gasteiger partial charge on any atom is 0.234 e. The minimum atomic E-state index is 0.0670. The summed E-state index contributed by atoms with van der Waals surface area (Å²) in [7, 11) is 0. The third-order valence-electron chi connectivity index (χ3n) is 2.86. The van der Waals surface area contributed by atoms with E-state index in [0.717, 1.165) is 13.0 Å². The molecule has 0 bridgehead atoms. The van der Waals surface area contributed by atoms with Crippen LogP contribution in [0.4, 0.5) is 0 Å². The summed E-state index contributed by atoms with van der Waals surface area (Å²) < 4.78 is 0. The van der Waals surface area contributed by atoms with Crippen LogP contribution in [-0.2, 0) is 4.79 Å². The van der Waals surface area contributed by atoms with Gasteiger partial charge in [0.15, 0.2) is 0 Å². The van der Waals surface area contributed by atoms with Crippen molar-refractivity contribution >= 4 is 5.91 Å². The van der Waals surface area contributed by atoms with Crippen molar-refractivity contribution in [3.63, 3.8) is 0 Å². The topological polar surface area (TPSA) is 41.1 Å². The van der Waals surface area contributed by atoms with Gasteiger partial charge in [0.2, 0.25) is 5.91 Å². The summed E-state index contributed by atoms with van der Waals surface area (Å²) in [4.78, 5) is 11.4. The van der Waals surface area contributed by atoms with Crippen LogP contribution in [0, 0.1) is 0 Å². The lowest BCUT2D eigenvalue weighted by Crippen LogP contribution is -2.38. The minimum absolute atomic E-state index is 0.0670. The van der Waals surface area contributed by atoms with Gasteiger partial charge >= 0.3 is 0 Å². The van der Waals surface area contributed by atoms with Crippen molar-refractivity contribution in [2.45, 2.75) is 39.2 Å². The van der Waals surface area contributed by atoms with E-state index in [2.05, 4.69) is 41.8 Å².